The summed E-state index contributed by atoms with van der Waals surface area (Å²) in [5, 5.41) is -0.255. The van der Waals surface area contributed by atoms with Gasteiger partial charge in [-0.1, -0.05) is 11.8 Å². The molecule has 0 saturated carbocycles. The van der Waals surface area contributed by atoms with Gasteiger partial charge < -0.3 is 18.9 Å². The fraction of sp³-hybridized carbons (Fsp3) is 0.692. The lowest BCUT2D eigenvalue weighted by Gasteiger charge is -2.39. The number of carbonyl (C=O) groups is 4. The monoisotopic (exact) mass is 334 g/mol. The summed E-state index contributed by atoms with van der Waals surface area (Å²) >= 11 is 0.807. The molecular formula is C13H18O8S. The first-order valence-electron chi connectivity index (χ1n) is 6.51. The molecule has 0 spiro atoms. The Morgan fingerprint density at radius 2 is 1.36 bits per heavy atom. The van der Waals surface area contributed by atoms with E-state index in [4.69, 9.17) is 18.9 Å². The van der Waals surface area contributed by atoms with Crippen LogP contribution in [-0.4, -0.2) is 53.4 Å². The third-order valence-corrected chi connectivity index (χ3v) is 3.56. The Balaban J connectivity index is 3.03. The van der Waals surface area contributed by atoms with Gasteiger partial charge in [0, 0.05) is 27.7 Å². The maximum atomic E-state index is 11.3. The third-order valence-electron chi connectivity index (χ3n) is 2.59. The summed E-state index contributed by atoms with van der Waals surface area (Å²) in [6.45, 7) is 4.80. The molecular weight excluding hydrogens is 316 g/mol. The van der Waals surface area contributed by atoms with Gasteiger partial charge in [-0.3, -0.25) is 19.2 Å². The van der Waals surface area contributed by atoms with E-state index in [1.165, 1.54) is 27.7 Å². The first-order valence-corrected chi connectivity index (χ1v) is 7.39. The van der Waals surface area contributed by atoms with Crippen LogP contribution < -0.4 is 0 Å². The highest BCUT2D eigenvalue weighted by atomic mass is 32.2. The van der Waals surface area contributed by atoms with Crippen LogP contribution in [0, 0.1) is 0 Å². The molecule has 1 fully saturated rings. The molecule has 0 aromatic carbocycles. The highest BCUT2D eigenvalue weighted by Crippen LogP contribution is 2.30. The minimum atomic E-state index is -1.06. The van der Waals surface area contributed by atoms with Crippen LogP contribution in [0.3, 0.4) is 0 Å². The van der Waals surface area contributed by atoms with Crippen molar-refractivity contribution in [2.45, 2.75) is 51.4 Å². The minimum Gasteiger partial charge on any atom is -0.456 e. The lowest BCUT2D eigenvalue weighted by molar-refractivity contribution is -0.213. The predicted molar refractivity (Wildman–Crippen MR) is 74.7 cm³/mol. The van der Waals surface area contributed by atoms with Gasteiger partial charge in [0.05, 0.1) is 6.61 Å². The van der Waals surface area contributed by atoms with Crippen molar-refractivity contribution in [3.8, 4) is 0 Å². The second kappa shape index (κ2) is 8.14. The topological polar surface area (TPSA) is 105 Å². The van der Waals surface area contributed by atoms with Crippen LogP contribution in [0.25, 0.3) is 0 Å². The molecule has 0 N–H and O–H groups in total. The average Bonchev–Trinajstić information content (AvgIpc) is 2.34. The number of rotatable bonds is 4. The Morgan fingerprint density at radius 3 is 1.82 bits per heavy atom. The van der Waals surface area contributed by atoms with Crippen molar-refractivity contribution in [3.63, 3.8) is 0 Å². The summed E-state index contributed by atoms with van der Waals surface area (Å²) in [6.07, 6.45) is -3.03. The summed E-state index contributed by atoms with van der Waals surface area (Å²) in [7, 11) is 0. The summed E-state index contributed by atoms with van der Waals surface area (Å²) in [6, 6.07) is 0. The molecule has 4 unspecified atom stereocenters. The molecule has 4 atom stereocenters. The van der Waals surface area contributed by atoms with Crippen LogP contribution in [0.5, 0.6) is 0 Å². The molecule has 0 aliphatic carbocycles. The molecule has 1 saturated heterocycles. The van der Waals surface area contributed by atoms with Crippen molar-refractivity contribution in [2.24, 2.45) is 0 Å². The van der Waals surface area contributed by atoms with Crippen molar-refractivity contribution >= 4 is 34.8 Å². The number of esters is 3. The van der Waals surface area contributed by atoms with E-state index in [1.54, 1.807) is 0 Å². The normalized spacial score (nSPS) is 27.6. The van der Waals surface area contributed by atoms with E-state index in [2.05, 4.69) is 0 Å². The summed E-state index contributed by atoms with van der Waals surface area (Å²) in [5.74, 6) is -1.86. The van der Waals surface area contributed by atoms with E-state index < -0.39 is 41.7 Å². The fourth-order valence-electron chi connectivity index (χ4n) is 1.97. The van der Waals surface area contributed by atoms with Crippen LogP contribution in [0.2, 0.25) is 0 Å². The second-order valence-corrected chi connectivity index (χ2v) is 5.88. The zero-order chi connectivity index (χ0) is 16.9. The molecule has 8 nitrogen and oxygen atoms in total. The zero-order valence-electron chi connectivity index (χ0n) is 12.7. The smallest absolute Gasteiger partial charge is 0.303 e. The van der Waals surface area contributed by atoms with Gasteiger partial charge in [0.25, 0.3) is 0 Å². The maximum absolute atomic E-state index is 11.3. The van der Waals surface area contributed by atoms with E-state index in [-0.39, 0.29) is 11.7 Å². The molecule has 0 bridgehead atoms. The van der Waals surface area contributed by atoms with E-state index >= 15 is 0 Å². The molecule has 0 radical (unpaired) electrons. The van der Waals surface area contributed by atoms with Crippen LogP contribution >= 0.6 is 11.8 Å². The Labute approximate surface area is 131 Å². The van der Waals surface area contributed by atoms with Gasteiger partial charge >= 0.3 is 17.9 Å². The number of carbonyl (C=O) groups excluding carboxylic acids is 4. The molecule has 1 aliphatic heterocycles. The molecule has 9 heteroatoms. The summed E-state index contributed by atoms with van der Waals surface area (Å²) in [5.41, 5.74) is -0.849. The van der Waals surface area contributed by atoms with Crippen molar-refractivity contribution in [1.82, 2.24) is 0 Å². The quantitative estimate of drug-likeness (QED) is 0.534. The Kier molecular flexibility index (Phi) is 6.82. The van der Waals surface area contributed by atoms with Crippen LogP contribution in [0.4, 0.5) is 0 Å². The van der Waals surface area contributed by atoms with E-state index in [1.807, 2.05) is 0 Å². The second-order valence-electron chi connectivity index (χ2n) is 4.61. The molecule has 0 aromatic rings. The lowest BCUT2D eigenvalue weighted by Crippen LogP contribution is -2.56. The maximum Gasteiger partial charge on any atom is 0.303 e. The summed E-state index contributed by atoms with van der Waals surface area (Å²) in [4.78, 5) is 45.0. The van der Waals surface area contributed by atoms with Gasteiger partial charge in [-0.25, -0.2) is 0 Å². The van der Waals surface area contributed by atoms with Crippen molar-refractivity contribution < 1.29 is 38.1 Å². The largest absolute Gasteiger partial charge is 0.456 e. The van der Waals surface area contributed by atoms with Crippen LogP contribution in [0.15, 0.2) is 0 Å². The van der Waals surface area contributed by atoms with Gasteiger partial charge in [0.2, 0.25) is 0 Å². The van der Waals surface area contributed by atoms with Gasteiger partial charge in [0.1, 0.15) is 0 Å². The minimum absolute atomic E-state index is 0.0831. The lowest BCUT2D eigenvalue weighted by atomic mass is 10.1. The highest BCUT2D eigenvalue weighted by Gasteiger charge is 2.47. The zero-order valence-corrected chi connectivity index (χ0v) is 13.5. The average molecular weight is 334 g/mol. The van der Waals surface area contributed by atoms with Crippen LogP contribution in [0.1, 0.15) is 27.7 Å². The molecule has 0 amide bonds. The Hall–Kier alpha value is -1.61. The number of hydrogen-bond donors (Lipinski definition) is 0. The van der Waals surface area contributed by atoms with Gasteiger partial charge in [-0.2, -0.15) is 0 Å². The van der Waals surface area contributed by atoms with Crippen molar-refractivity contribution in [3.05, 3.63) is 0 Å². The molecule has 1 aliphatic rings. The number of ether oxygens (including phenoxy) is 4. The predicted octanol–water partition coefficient (Wildman–Crippen LogP) is 0.417. The molecule has 0 aromatic heterocycles. The number of thioether (sulfide) groups is 1. The van der Waals surface area contributed by atoms with Gasteiger partial charge in [-0.05, 0) is 0 Å². The van der Waals surface area contributed by atoms with Crippen molar-refractivity contribution in [1.29, 1.82) is 0 Å². The Morgan fingerprint density at radius 1 is 0.864 bits per heavy atom. The van der Waals surface area contributed by atoms with E-state index in [9.17, 15) is 19.2 Å². The highest BCUT2D eigenvalue weighted by molar-refractivity contribution is 8.14. The van der Waals surface area contributed by atoms with E-state index in [0.717, 1.165) is 11.8 Å². The van der Waals surface area contributed by atoms with E-state index in [0.29, 0.717) is 0 Å². The standard InChI is InChI=1S/C13H18O8S/c1-6(14)19-10-5-18-13(22-9(4)17)12(21-8(3)16)11(10)20-7(2)15/h10-13H,5H2,1-4H3. The molecule has 1 heterocycles. The van der Waals surface area contributed by atoms with Crippen molar-refractivity contribution in [2.75, 3.05) is 6.61 Å². The Bertz CT molecular complexity index is 421. The number of hydrogen-bond acceptors (Lipinski definition) is 9. The summed E-state index contributed by atoms with van der Waals surface area (Å²) < 4.78 is 20.7. The molecule has 22 heavy (non-hydrogen) atoms. The first-order chi connectivity index (χ1) is 10.2. The SMILES string of the molecule is CC(=O)OC1COC(SC(C)=O)C(OC(C)=O)C1OC(C)=O. The third kappa shape index (κ3) is 5.64. The van der Waals surface area contributed by atoms with Crippen LogP contribution in [-0.2, 0) is 38.1 Å². The fourth-order valence-corrected chi connectivity index (χ4v) is 2.79. The molecule has 124 valence electrons. The van der Waals surface area contributed by atoms with Gasteiger partial charge in [0.15, 0.2) is 28.9 Å². The molecule has 1 rings (SSSR count). The van der Waals surface area contributed by atoms with Gasteiger partial charge in [-0.15, -0.1) is 0 Å². The first kappa shape index (κ1) is 18.4.